The van der Waals surface area contributed by atoms with Crippen molar-refractivity contribution < 1.29 is 51.9 Å². The number of ether oxygens (including phenoxy) is 2. The van der Waals surface area contributed by atoms with Crippen LogP contribution in [0.15, 0.2) is 121 Å². The Morgan fingerprint density at radius 1 is 0.662 bits per heavy atom. The maximum Gasteiger partial charge on any atom is 0.433 e. The van der Waals surface area contributed by atoms with E-state index in [0.717, 1.165) is 28.3 Å². The molecule has 0 saturated carbocycles. The van der Waals surface area contributed by atoms with Gasteiger partial charge in [-0.15, -0.1) is 0 Å². The van der Waals surface area contributed by atoms with E-state index in [4.69, 9.17) is 9.47 Å². The van der Waals surface area contributed by atoms with Crippen LogP contribution in [-0.4, -0.2) is 68.6 Å². The van der Waals surface area contributed by atoms with Crippen molar-refractivity contribution in [3.63, 3.8) is 0 Å². The fourth-order valence-electron chi connectivity index (χ4n) is 8.53. The zero-order valence-electron chi connectivity index (χ0n) is 37.1. The summed E-state index contributed by atoms with van der Waals surface area (Å²) in [6, 6.07) is 32.4. The molecule has 5 aromatic rings. The first kappa shape index (κ1) is 48.6. The minimum atomic E-state index is -4.49. The second-order valence-electron chi connectivity index (χ2n) is 17.2. The molecule has 10 nitrogen and oxygen atoms in total. The van der Waals surface area contributed by atoms with E-state index in [9.17, 15) is 42.5 Å². The predicted molar refractivity (Wildman–Crippen MR) is 238 cm³/mol. The van der Waals surface area contributed by atoms with Gasteiger partial charge >= 0.3 is 18.4 Å². The van der Waals surface area contributed by atoms with Crippen LogP contribution < -0.4 is 0 Å². The number of hydrogen-bond donors (Lipinski definition) is 3. The van der Waals surface area contributed by atoms with Crippen molar-refractivity contribution in [1.82, 2.24) is 14.8 Å². The molecule has 2 fully saturated rings. The summed E-state index contributed by atoms with van der Waals surface area (Å²) in [5, 5.41) is 28.8. The number of aliphatic hydroxyl groups is 3. The van der Waals surface area contributed by atoms with E-state index >= 15 is 0 Å². The lowest BCUT2D eigenvalue weighted by Gasteiger charge is -2.43. The molecule has 65 heavy (non-hydrogen) atoms. The number of aromatic nitrogens is 1. The van der Waals surface area contributed by atoms with Crippen LogP contribution in [0.2, 0.25) is 0 Å². The Morgan fingerprint density at radius 3 is 1.54 bits per heavy atom. The summed E-state index contributed by atoms with van der Waals surface area (Å²) in [4.78, 5) is 32.9. The van der Waals surface area contributed by atoms with E-state index in [2.05, 4.69) is 4.98 Å². The molecule has 2 aliphatic heterocycles. The Labute approximate surface area is 377 Å². The number of rotatable bonds is 14. The fourth-order valence-corrected chi connectivity index (χ4v) is 8.53. The maximum atomic E-state index is 13.5. The number of amides is 2. The molecule has 1 aromatic heterocycles. The SMILES string of the molecule is CC(c1ccc(-c2ccc(C(F)(F)F)nc2)cc1)N1CCC(CCCO)(c2ccc(F)cc2)OC1=O.CC(c1ccc(C(C)(C)O)cc1)N1CCC(CCCO)(c2ccccc2)OC1=O. The first-order valence-corrected chi connectivity index (χ1v) is 21.9. The van der Waals surface area contributed by atoms with Gasteiger partial charge in [-0.1, -0.05) is 97.1 Å². The molecule has 2 amide bonds. The van der Waals surface area contributed by atoms with Gasteiger partial charge in [0.15, 0.2) is 0 Å². The van der Waals surface area contributed by atoms with Crippen LogP contribution in [0.4, 0.5) is 27.2 Å². The Hall–Kier alpha value is -5.83. The number of halogens is 4. The van der Waals surface area contributed by atoms with Gasteiger partial charge in [0, 0.05) is 50.9 Å². The Bertz CT molecular complexity index is 2320. The van der Waals surface area contributed by atoms with Gasteiger partial charge in [-0.3, -0.25) is 4.98 Å². The molecule has 2 saturated heterocycles. The van der Waals surface area contributed by atoms with Gasteiger partial charge in [-0.05, 0) is 105 Å². The lowest BCUT2D eigenvalue weighted by atomic mass is 9.84. The predicted octanol–water partition coefficient (Wildman–Crippen LogP) is 11.0. The van der Waals surface area contributed by atoms with Crippen LogP contribution in [0.25, 0.3) is 11.1 Å². The summed E-state index contributed by atoms with van der Waals surface area (Å²) < 4.78 is 63.7. The molecule has 0 radical (unpaired) electrons. The second kappa shape index (κ2) is 20.6. The van der Waals surface area contributed by atoms with Crippen LogP contribution in [0.1, 0.15) is 112 Å². The summed E-state index contributed by atoms with van der Waals surface area (Å²) >= 11 is 0. The zero-order chi connectivity index (χ0) is 47.0. The summed E-state index contributed by atoms with van der Waals surface area (Å²) in [6.07, 6.45) is -0.974. The van der Waals surface area contributed by atoms with Crippen molar-refractivity contribution >= 4 is 12.2 Å². The van der Waals surface area contributed by atoms with E-state index in [-0.39, 0.29) is 37.2 Å². The van der Waals surface area contributed by atoms with Crippen molar-refractivity contribution in [2.24, 2.45) is 0 Å². The normalized spacial score (nSPS) is 20.0. The highest BCUT2D eigenvalue weighted by atomic mass is 19.4. The van der Waals surface area contributed by atoms with Gasteiger partial charge in [0.05, 0.1) is 17.7 Å². The van der Waals surface area contributed by atoms with E-state index in [1.54, 1.807) is 47.9 Å². The summed E-state index contributed by atoms with van der Waals surface area (Å²) in [7, 11) is 0. The smallest absolute Gasteiger partial charge is 0.433 e. The summed E-state index contributed by atoms with van der Waals surface area (Å²) in [5.41, 5.74) is 2.10. The molecule has 3 N–H and O–H groups in total. The van der Waals surface area contributed by atoms with Gasteiger partial charge < -0.3 is 34.6 Å². The Balaban J connectivity index is 0.000000221. The molecular weight excluding hydrogens is 843 g/mol. The third kappa shape index (κ3) is 11.5. The lowest BCUT2D eigenvalue weighted by Crippen LogP contribution is -2.48. The monoisotopic (exact) mass is 899 g/mol. The van der Waals surface area contributed by atoms with E-state index in [1.165, 1.54) is 24.4 Å². The van der Waals surface area contributed by atoms with E-state index in [1.807, 2.05) is 80.6 Å². The summed E-state index contributed by atoms with van der Waals surface area (Å²) in [5.74, 6) is -0.385. The number of aliphatic hydroxyl groups excluding tert-OH is 2. The van der Waals surface area contributed by atoms with Crippen molar-refractivity contribution in [2.75, 3.05) is 26.3 Å². The number of nitrogens with zero attached hydrogens (tertiary/aromatic N) is 3. The third-order valence-electron chi connectivity index (χ3n) is 12.5. The third-order valence-corrected chi connectivity index (χ3v) is 12.5. The quantitative estimate of drug-likeness (QED) is 0.0939. The molecule has 2 aliphatic rings. The van der Waals surface area contributed by atoms with Crippen LogP contribution in [0.3, 0.4) is 0 Å². The van der Waals surface area contributed by atoms with Crippen molar-refractivity contribution in [2.45, 2.75) is 101 Å². The van der Waals surface area contributed by atoms with Gasteiger partial charge in [0.25, 0.3) is 0 Å². The second-order valence-corrected chi connectivity index (χ2v) is 17.2. The highest BCUT2D eigenvalue weighted by Crippen LogP contribution is 2.42. The largest absolute Gasteiger partial charge is 0.438 e. The van der Waals surface area contributed by atoms with Gasteiger partial charge in [-0.25, -0.2) is 14.0 Å². The van der Waals surface area contributed by atoms with Crippen LogP contribution in [0.5, 0.6) is 0 Å². The highest BCUT2D eigenvalue weighted by Gasteiger charge is 2.44. The molecule has 4 aromatic carbocycles. The molecule has 7 rings (SSSR count). The van der Waals surface area contributed by atoms with E-state index < -0.39 is 34.8 Å². The first-order valence-electron chi connectivity index (χ1n) is 21.9. The minimum absolute atomic E-state index is 0.0542. The minimum Gasteiger partial charge on any atom is -0.438 e. The number of alkyl halides is 3. The van der Waals surface area contributed by atoms with Gasteiger partial charge in [0.2, 0.25) is 0 Å². The standard InChI is InChI=1S/C27H26F4N2O3.C24H31NO4/c1-18(19-3-5-20(6-4-19)21-7-12-24(32-17-21)27(29,30)31)33-15-14-26(13-2-16-34,36-25(33)35)22-8-10-23(28)11-9-22;1-18(19-10-12-20(13-11-19)23(2,3)28)25-16-15-24(14-7-17-26,29-22(25)27)21-8-5-4-6-9-21/h3-12,17-18,34H,2,13-16H2,1H3;4-6,8-13,18,26,28H,7,14-17H2,1-3H3. The van der Waals surface area contributed by atoms with Gasteiger partial charge in [-0.2, -0.15) is 13.2 Å². The topological polar surface area (TPSA) is 133 Å². The fraction of sp³-hybridized carbons (Fsp3) is 0.392. The van der Waals surface area contributed by atoms with Gasteiger partial charge in [0.1, 0.15) is 22.7 Å². The highest BCUT2D eigenvalue weighted by molar-refractivity contribution is 5.71. The number of carbonyl (C=O) groups is 2. The zero-order valence-corrected chi connectivity index (χ0v) is 37.1. The Kier molecular flexibility index (Phi) is 15.4. The maximum absolute atomic E-state index is 13.5. The molecule has 0 bridgehead atoms. The molecule has 346 valence electrons. The van der Waals surface area contributed by atoms with Crippen molar-refractivity contribution in [1.29, 1.82) is 0 Å². The summed E-state index contributed by atoms with van der Waals surface area (Å²) in [6.45, 7) is 8.35. The number of carbonyl (C=O) groups excluding carboxylic acids is 2. The molecular formula is C51H57F4N3O7. The Morgan fingerprint density at radius 2 is 1.12 bits per heavy atom. The van der Waals surface area contributed by atoms with Crippen LogP contribution >= 0.6 is 0 Å². The number of benzene rings is 4. The lowest BCUT2D eigenvalue weighted by molar-refractivity contribution is -0.141. The van der Waals surface area contributed by atoms with E-state index in [0.29, 0.717) is 68.3 Å². The number of hydrogen-bond acceptors (Lipinski definition) is 8. The van der Waals surface area contributed by atoms with Crippen LogP contribution in [0, 0.1) is 5.82 Å². The molecule has 4 unspecified atom stereocenters. The van der Waals surface area contributed by atoms with Crippen molar-refractivity contribution in [3.8, 4) is 11.1 Å². The molecule has 3 heterocycles. The number of cyclic esters (lactones) is 2. The average molecular weight is 900 g/mol. The molecule has 4 atom stereocenters. The van der Waals surface area contributed by atoms with Crippen molar-refractivity contribution in [3.05, 3.63) is 161 Å². The molecule has 0 spiro atoms. The van der Waals surface area contributed by atoms with Crippen LogP contribution in [-0.2, 0) is 32.5 Å². The average Bonchev–Trinajstić information content (AvgIpc) is 3.30. The molecule has 0 aliphatic carbocycles. The first-order chi connectivity index (χ1) is 30.9. The molecule has 14 heteroatoms. The number of pyridine rings is 1.